The molecule has 9 nitrogen and oxygen atoms in total. The van der Waals surface area contributed by atoms with Gasteiger partial charge in [-0.25, -0.2) is 4.79 Å². The maximum atomic E-state index is 13.3. The van der Waals surface area contributed by atoms with Gasteiger partial charge in [-0.15, -0.1) is 0 Å². The molecule has 2 N–H and O–H groups in total. The first kappa shape index (κ1) is 17.7. The van der Waals surface area contributed by atoms with Crippen molar-refractivity contribution >= 4 is 39.9 Å². The van der Waals surface area contributed by atoms with E-state index in [2.05, 4.69) is 15.6 Å². The van der Waals surface area contributed by atoms with Crippen molar-refractivity contribution < 1.29 is 23.2 Å². The second-order valence-electron chi connectivity index (χ2n) is 7.84. The maximum Gasteiger partial charge on any atom is 0.322 e. The summed E-state index contributed by atoms with van der Waals surface area (Å²) in [6.45, 7) is 2.04. The van der Waals surface area contributed by atoms with Crippen LogP contribution in [-0.4, -0.2) is 34.3 Å². The minimum Gasteiger partial charge on any atom is -0.461 e. The average molecular weight is 416 g/mol. The average Bonchev–Trinajstić information content (AvgIpc) is 3.46. The van der Waals surface area contributed by atoms with Gasteiger partial charge in [0, 0.05) is 24.2 Å². The number of carbonyl (C=O) groups excluding carboxylic acids is 3. The van der Waals surface area contributed by atoms with Gasteiger partial charge in [-0.05, 0) is 36.8 Å². The van der Waals surface area contributed by atoms with E-state index in [1.54, 1.807) is 24.4 Å². The van der Waals surface area contributed by atoms with E-state index < -0.39 is 17.5 Å². The first-order valence-corrected chi connectivity index (χ1v) is 9.74. The minimum atomic E-state index is -1.55. The zero-order chi connectivity index (χ0) is 21.3. The third-order valence-electron chi connectivity index (χ3n) is 5.85. The molecular weight excluding hydrogens is 400 g/mol. The molecule has 0 saturated carbocycles. The van der Waals surface area contributed by atoms with Gasteiger partial charge in [-0.1, -0.05) is 6.07 Å². The number of amides is 4. The number of hydrogen-bond acceptors (Lipinski definition) is 6. The predicted molar refractivity (Wildman–Crippen MR) is 108 cm³/mol. The molecule has 154 valence electrons. The maximum absolute atomic E-state index is 13.3. The van der Waals surface area contributed by atoms with Gasteiger partial charge < -0.3 is 19.1 Å². The van der Waals surface area contributed by atoms with Crippen molar-refractivity contribution in [2.45, 2.75) is 19.0 Å². The van der Waals surface area contributed by atoms with Gasteiger partial charge in [0.15, 0.2) is 11.1 Å². The van der Waals surface area contributed by atoms with Gasteiger partial charge in [-0.2, -0.15) is 0 Å². The van der Waals surface area contributed by atoms with Crippen LogP contribution in [0, 0.1) is 6.92 Å². The van der Waals surface area contributed by atoms with Gasteiger partial charge in [0.25, 0.3) is 11.8 Å². The molecule has 0 bridgehead atoms. The predicted octanol–water partition coefficient (Wildman–Crippen LogP) is 2.57. The van der Waals surface area contributed by atoms with Gasteiger partial charge in [0.1, 0.15) is 22.6 Å². The molecule has 1 fully saturated rings. The number of fused-ring (bicyclic) bond motifs is 4. The topological polar surface area (TPSA) is 118 Å². The largest absolute Gasteiger partial charge is 0.461 e. The molecule has 1 aromatic carbocycles. The Bertz CT molecular complexity index is 1400. The summed E-state index contributed by atoms with van der Waals surface area (Å²) in [7, 11) is 0. The number of rotatable bonds is 3. The summed E-state index contributed by atoms with van der Waals surface area (Å²) in [5.74, 6) is 0.120. The monoisotopic (exact) mass is 416 g/mol. The van der Waals surface area contributed by atoms with E-state index in [1.165, 1.54) is 4.90 Å². The highest BCUT2D eigenvalue weighted by Crippen LogP contribution is 2.36. The first-order chi connectivity index (χ1) is 14.9. The molecule has 1 unspecified atom stereocenters. The third-order valence-corrected chi connectivity index (χ3v) is 5.85. The molecule has 5 heterocycles. The number of carbonyl (C=O) groups is 3. The number of nitrogens with one attached hydrogen (secondary N) is 2. The van der Waals surface area contributed by atoms with Crippen LogP contribution in [0.4, 0.5) is 4.79 Å². The highest BCUT2D eigenvalue weighted by atomic mass is 16.3. The molecule has 2 aliphatic rings. The summed E-state index contributed by atoms with van der Waals surface area (Å²) in [5, 5.41) is 5.69. The van der Waals surface area contributed by atoms with E-state index >= 15 is 0 Å². The van der Waals surface area contributed by atoms with E-state index in [0.29, 0.717) is 34.6 Å². The molecule has 9 heteroatoms. The molecule has 1 atom stereocenters. The van der Waals surface area contributed by atoms with Crippen LogP contribution in [0.3, 0.4) is 0 Å². The second kappa shape index (κ2) is 5.94. The minimum absolute atomic E-state index is 0.0871. The van der Waals surface area contributed by atoms with Crippen molar-refractivity contribution in [1.29, 1.82) is 0 Å². The lowest BCUT2D eigenvalue weighted by atomic mass is 9.95. The highest BCUT2D eigenvalue weighted by molar-refractivity contribution is 6.11. The Balaban J connectivity index is 1.43. The standard InChI is InChI=1S/C22H16N4O5/c1-11-7-13-15(30-11)5-4-12-9-26(19(27)18(12)13)10-22(20(28)24-21(29)25-22)17-8-14-16(31-17)3-2-6-23-14/h2-8H,9-10H2,1H3,(H2,24,25,28,29). The normalized spacial score (nSPS) is 20.5. The van der Waals surface area contributed by atoms with Crippen molar-refractivity contribution in [3.63, 3.8) is 0 Å². The van der Waals surface area contributed by atoms with Crippen LogP contribution < -0.4 is 10.6 Å². The molecule has 0 spiro atoms. The molecule has 31 heavy (non-hydrogen) atoms. The number of furan rings is 2. The molecule has 1 saturated heterocycles. The summed E-state index contributed by atoms with van der Waals surface area (Å²) in [6.07, 6.45) is 1.61. The Labute approximate surface area is 175 Å². The summed E-state index contributed by atoms with van der Waals surface area (Å²) in [4.78, 5) is 44.1. The zero-order valence-electron chi connectivity index (χ0n) is 16.4. The summed E-state index contributed by atoms with van der Waals surface area (Å²) < 4.78 is 11.5. The molecule has 6 rings (SSSR count). The lowest BCUT2D eigenvalue weighted by Gasteiger charge is -2.29. The van der Waals surface area contributed by atoms with Crippen LogP contribution in [0.25, 0.3) is 22.1 Å². The van der Waals surface area contributed by atoms with E-state index in [-0.39, 0.29) is 18.2 Å². The van der Waals surface area contributed by atoms with Gasteiger partial charge in [0.2, 0.25) is 0 Å². The van der Waals surface area contributed by atoms with Crippen LogP contribution in [-0.2, 0) is 16.9 Å². The summed E-state index contributed by atoms with van der Waals surface area (Å²) >= 11 is 0. The Hall–Kier alpha value is -4.14. The number of aryl methyl sites for hydroxylation is 1. The highest BCUT2D eigenvalue weighted by Gasteiger charge is 2.53. The van der Waals surface area contributed by atoms with E-state index in [0.717, 1.165) is 10.9 Å². The van der Waals surface area contributed by atoms with Crippen molar-refractivity contribution in [1.82, 2.24) is 20.5 Å². The Morgan fingerprint density at radius 2 is 2.00 bits per heavy atom. The van der Waals surface area contributed by atoms with Crippen LogP contribution in [0.1, 0.15) is 27.4 Å². The number of nitrogens with zero attached hydrogens (tertiary/aromatic N) is 2. The number of pyridine rings is 1. The molecule has 0 aliphatic carbocycles. The molecule has 3 aromatic heterocycles. The van der Waals surface area contributed by atoms with Gasteiger partial charge >= 0.3 is 6.03 Å². The van der Waals surface area contributed by atoms with Crippen molar-refractivity contribution in [2.24, 2.45) is 0 Å². The lowest BCUT2D eigenvalue weighted by molar-refractivity contribution is -0.125. The van der Waals surface area contributed by atoms with Crippen LogP contribution in [0.2, 0.25) is 0 Å². The number of imide groups is 1. The second-order valence-corrected chi connectivity index (χ2v) is 7.84. The fourth-order valence-electron chi connectivity index (χ4n) is 4.45. The van der Waals surface area contributed by atoms with Crippen LogP contribution in [0.5, 0.6) is 0 Å². The smallest absolute Gasteiger partial charge is 0.322 e. The lowest BCUT2D eigenvalue weighted by Crippen LogP contribution is -2.52. The Kier molecular flexibility index (Phi) is 3.39. The molecule has 4 amide bonds. The third kappa shape index (κ3) is 2.43. The quantitative estimate of drug-likeness (QED) is 0.496. The fraction of sp³-hybridized carbons (Fsp3) is 0.182. The van der Waals surface area contributed by atoms with E-state index in [1.807, 2.05) is 25.1 Å². The summed E-state index contributed by atoms with van der Waals surface area (Å²) in [5.41, 5.74) is 1.51. The summed E-state index contributed by atoms with van der Waals surface area (Å²) in [6, 6.07) is 9.94. The first-order valence-electron chi connectivity index (χ1n) is 9.74. The van der Waals surface area contributed by atoms with Crippen molar-refractivity contribution in [3.05, 3.63) is 65.2 Å². The number of hydrogen-bond donors (Lipinski definition) is 2. The number of benzene rings is 1. The van der Waals surface area contributed by atoms with Gasteiger partial charge in [0.05, 0.1) is 12.1 Å². The van der Waals surface area contributed by atoms with Gasteiger partial charge in [-0.3, -0.25) is 19.9 Å². The van der Waals surface area contributed by atoms with Crippen molar-refractivity contribution in [2.75, 3.05) is 6.54 Å². The number of urea groups is 1. The molecule has 0 radical (unpaired) electrons. The Morgan fingerprint density at radius 1 is 1.13 bits per heavy atom. The van der Waals surface area contributed by atoms with E-state index in [9.17, 15) is 14.4 Å². The molecular formula is C22H16N4O5. The van der Waals surface area contributed by atoms with Crippen LogP contribution >= 0.6 is 0 Å². The SMILES string of the molecule is Cc1cc2c3c(ccc2o1)CN(CC1(c2cc4ncccc4o2)NC(=O)NC1=O)C3=O. The molecule has 2 aliphatic heterocycles. The fourth-order valence-corrected chi connectivity index (χ4v) is 4.45. The van der Waals surface area contributed by atoms with Crippen molar-refractivity contribution in [3.8, 4) is 0 Å². The Morgan fingerprint density at radius 3 is 2.77 bits per heavy atom. The number of aromatic nitrogens is 1. The van der Waals surface area contributed by atoms with Crippen LogP contribution in [0.15, 0.2) is 51.4 Å². The molecule has 4 aromatic rings. The van der Waals surface area contributed by atoms with E-state index in [4.69, 9.17) is 8.83 Å². The zero-order valence-corrected chi connectivity index (χ0v) is 16.4.